The zero-order chi connectivity index (χ0) is 9.84. The first-order valence-corrected chi connectivity index (χ1v) is 4.13. The van der Waals surface area contributed by atoms with Crippen LogP contribution in [0.3, 0.4) is 0 Å². The van der Waals surface area contributed by atoms with Crippen molar-refractivity contribution in [3.05, 3.63) is 0 Å². The summed E-state index contributed by atoms with van der Waals surface area (Å²) in [6.07, 6.45) is 0. The molecule has 0 saturated carbocycles. The van der Waals surface area contributed by atoms with Crippen LogP contribution in [0, 0.1) is 5.92 Å². The van der Waals surface area contributed by atoms with Crippen LogP contribution in [0.5, 0.6) is 0 Å². The van der Waals surface area contributed by atoms with E-state index < -0.39 is 0 Å². The molecule has 1 fully saturated rings. The molecule has 0 aliphatic carbocycles. The van der Waals surface area contributed by atoms with E-state index in [1.54, 1.807) is 4.90 Å². The Labute approximate surface area is 76.2 Å². The van der Waals surface area contributed by atoms with Crippen molar-refractivity contribution in [2.24, 2.45) is 17.4 Å². The lowest BCUT2D eigenvalue weighted by Crippen LogP contribution is -2.55. The van der Waals surface area contributed by atoms with Crippen LogP contribution in [-0.2, 0) is 4.79 Å². The third kappa shape index (κ3) is 2.90. The molecule has 1 heterocycles. The number of amides is 3. The molecular weight excluding hydrogens is 172 g/mol. The molecule has 1 rings (SSSR count). The standard InChI is InChI=1S/C7H14N4O2/c8-6(12)2-10-1-5-3-11(4-5)7(9)13/h5,10H,1-4H2,(H2,8,12)(H2,9,13). The summed E-state index contributed by atoms with van der Waals surface area (Å²) in [6, 6.07) is -0.383. The average molecular weight is 186 g/mol. The van der Waals surface area contributed by atoms with Crippen molar-refractivity contribution in [3.8, 4) is 0 Å². The number of primary amides is 2. The van der Waals surface area contributed by atoms with Gasteiger partial charge < -0.3 is 21.7 Å². The second kappa shape index (κ2) is 4.08. The van der Waals surface area contributed by atoms with E-state index in [4.69, 9.17) is 11.5 Å². The van der Waals surface area contributed by atoms with E-state index in [9.17, 15) is 9.59 Å². The zero-order valence-corrected chi connectivity index (χ0v) is 7.32. The molecule has 0 unspecified atom stereocenters. The number of carbonyl (C=O) groups excluding carboxylic acids is 2. The topological polar surface area (TPSA) is 101 Å². The van der Waals surface area contributed by atoms with Crippen LogP contribution in [0.4, 0.5) is 4.79 Å². The Morgan fingerprint density at radius 1 is 1.38 bits per heavy atom. The highest BCUT2D eigenvalue weighted by molar-refractivity contribution is 5.75. The number of urea groups is 1. The van der Waals surface area contributed by atoms with Crippen LogP contribution in [0.1, 0.15) is 0 Å². The van der Waals surface area contributed by atoms with Gasteiger partial charge in [0.25, 0.3) is 0 Å². The first kappa shape index (κ1) is 9.79. The predicted molar refractivity (Wildman–Crippen MR) is 46.7 cm³/mol. The van der Waals surface area contributed by atoms with Crippen molar-refractivity contribution >= 4 is 11.9 Å². The molecule has 1 aliphatic heterocycles. The van der Waals surface area contributed by atoms with E-state index in [0.717, 1.165) is 0 Å². The fourth-order valence-corrected chi connectivity index (χ4v) is 1.28. The van der Waals surface area contributed by atoms with Gasteiger partial charge in [-0.2, -0.15) is 0 Å². The summed E-state index contributed by atoms with van der Waals surface area (Å²) in [6.45, 7) is 2.22. The first-order chi connectivity index (χ1) is 6.09. The Hall–Kier alpha value is -1.30. The van der Waals surface area contributed by atoms with Crippen molar-refractivity contribution in [2.45, 2.75) is 0 Å². The van der Waals surface area contributed by atoms with Crippen LogP contribution in [-0.4, -0.2) is 43.0 Å². The second-order valence-electron chi connectivity index (χ2n) is 3.21. The Morgan fingerprint density at radius 2 is 2.00 bits per heavy atom. The summed E-state index contributed by atoms with van der Waals surface area (Å²) in [5.74, 6) is 0.0259. The monoisotopic (exact) mass is 186 g/mol. The van der Waals surface area contributed by atoms with E-state index in [-0.39, 0.29) is 18.5 Å². The van der Waals surface area contributed by atoms with Gasteiger partial charge in [-0.1, -0.05) is 0 Å². The van der Waals surface area contributed by atoms with Gasteiger partial charge in [0.15, 0.2) is 0 Å². The molecule has 0 aromatic heterocycles. The summed E-state index contributed by atoms with van der Waals surface area (Å²) < 4.78 is 0. The van der Waals surface area contributed by atoms with Crippen molar-refractivity contribution in [3.63, 3.8) is 0 Å². The summed E-state index contributed by atoms with van der Waals surface area (Å²) in [4.78, 5) is 22.4. The maximum absolute atomic E-state index is 10.6. The molecule has 6 heteroatoms. The Balaban J connectivity index is 2.02. The summed E-state index contributed by atoms with van der Waals surface area (Å²) in [7, 11) is 0. The number of nitrogens with zero attached hydrogens (tertiary/aromatic N) is 1. The normalized spacial score (nSPS) is 16.8. The minimum Gasteiger partial charge on any atom is -0.369 e. The third-order valence-corrected chi connectivity index (χ3v) is 2.00. The van der Waals surface area contributed by atoms with E-state index >= 15 is 0 Å². The van der Waals surface area contributed by atoms with Gasteiger partial charge in [-0.25, -0.2) is 4.79 Å². The number of hydrogen-bond donors (Lipinski definition) is 3. The smallest absolute Gasteiger partial charge is 0.314 e. The number of rotatable bonds is 4. The number of carbonyl (C=O) groups is 2. The van der Waals surface area contributed by atoms with Gasteiger partial charge in [0.1, 0.15) is 0 Å². The molecule has 0 aromatic rings. The van der Waals surface area contributed by atoms with E-state index in [1.807, 2.05) is 0 Å². The molecule has 1 aliphatic rings. The lowest BCUT2D eigenvalue weighted by atomic mass is 10.0. The quantitative estimate of drug-likeness (QED) is 0.476. The molecule has 1 saturated heterocycles. The highest BCUT2D eigenvalue weighted by atomic mass is 16.2. The highest BCUT2D eigenvalue weighted by Gasteiger charge is 2.28. The summed E-state index contributed by atoms with van der Waals surface area (Å²) in [5.41, 5.74) is 9.96. The van der Waals surface area contributed by atoms with Gasteiger partial charge in [-0.15, -0.1) is 0 Å². The second-order valence-corrected chi connectivity index (χ2v) is 3.21. The predicted octanol–water partition coefficient (Wildman–Crippen LogP) is -1.93. The zero-order valence-electron chi connectivity index (χ0n) is 7.32. The third-order valence-electron chi connectivity index (χ3n) is 2.00. The molecule has 74 valence electrons. The molecule has 3 amide bonds. The maximum atomic E-state index is 10.6. The lowest BCUT2D eigenvalue weighted by molar-refractivity contribution is -0.117. The molecule has 13 heavy (non-hydrogen) atoms. The summed E-state index contributed by atoms with van der Waals surface area (Å²) in [5, 5.41) is 2.89. The van der Waals surface area contributed by atoms with Gasteiger partial charge in [0, 0.05) is 25.6 Å². The van der Waals surface area contributed by atoms with E-state index in [1.165, 1.54) is 0 Å². The largest absolute Gasteiger partial charge is 0.369 e. The molecule has 0 aromatic carbocycles. The molecule has 0 atom stereocenters. The maximum Gasteiger partial charge on any atom is 0.314 e. The van der Waals surface area contributed by atoms with Crippen molar-refractivity contribution in [1.29, 1.82) is 0 Å². The van der Waals surface area contributed by atoms with Crippen molar-refractivity contribution in [2.75, 3.05) is 26.2 Å². The van der Waals surface area contributed by atoms with Crippen LogP contribution >= 0.6 is 0 Å². The number of likely N-dealkylation sites (tertiary alicyclic amines) is 1. The van der Waals surface area contributed by atoms with Crippen LogP contribution in [0.15, 0.2) is 0 Å². The summed E-state index contributed by atoms with van der Waals surface area (Å²) >= 11 is 0. The van der Waals surface area contributed by atoms with E-state index in [2.05, 4.69) is 5.32 Å². The average Bonchev–Trinajstić information content (AvgIpc) is 1.92. The highest BCUT2D eigenvalue weighted by Crippen LogP contribution is 2.13. The minimum absolute atomic E-state index is 0.188. The van der Waals surface area contributed by atoms with Gasteiger partial charge in [0.2, 0.25) is 5.91 Å². The van der Waals surface area contributed by atoms with Gasteiger partial charge in [-0.3, -0.25) is 4.79 Å². The Kier molecular flexibility index (Phi) is 3.07. The van der Waals surface area contributed by atoms with Gasteiger partial charge in [0.05, 0.1) is 6.54 Å². The molecule has 0 radical (unpaired) electrons. The molecule has 0 spiro atoms. The van der Waals surface area contributed by atoms with Crippen LogP contribution < -0.4 is 16.8 Å². The lowest BCUT2D eigenvalue weighted by Gasteiger charge is -2.38. The fraction of sp³-hybridized carbons (Fsp3) is 0.714. The first-order valence-electron chi connectivity index (χ1n) is 4.13. The van der Waals surface area contributed by atoms with Crippen LogP contribution in [0.25, 0.3) is 0 Å². The Morgan fingerprint density at radius 3 is 2.46 bits per heavy atom. The SMILES string of the molecule is NC(=O)CNCC1CN(C(N)=O)C1. The molecule has 5 N–H and O–H groups in total. The number of nitrogens with one attached hydrogen (secondary N) is 1. The van der Waals surface area contributed by atoms with Crippen LogP contribution in [0.2, 0.25) is 0 Å². The molecule has 6 nitrogen and oxygen atoms in total. The molecule has 0 bridgehead atoms. The van der Waals surface area contributed by atoms with Gasteiger partial charge in [-0.05, 0) is 0 Å². The Bertz CT molecular complexity index is 213. The minimum atomic E-state index is -0.383. The van der Waals surface area contributed by atoms with E-state index in [0.29, 0.717) is 25.6 Å². The van der Waals surface area contributed by atoms with Gasteiger partial charge >= 0.3 is 6.03 Å². The van der Waals surface area contributed by atoms with Crippen molar-refractivity contribution < 1.29 is 9.59 Å². The van der Waals surface area contributed by atoms with Crippen molar-refractivity contribution in [1.82, 2.24) is 10.2 Å². The fourth-order valence-electron chi connectivity index (χ4n) is 1.28. The number of hydrogen-bond acceptors (Lipinski definition) is 3. The molecular formula is C7H14N4O2. The number of nitrogens with two attached hydrogens (primary N) is 2.